The maximum absolute atomic E-state index is 15.0. The van der Waals surface area contributed by atoms with Gasteiger partial charge in [0.1, 0.15) is 17.1 Å². The molecule has 0 spiro atoms. The number of carbonyl (C=O) groups excluding carboxylic acids is 1. The number of thiocarbonyl (C=S) groups is 1. The number of carbonyl (C=O) groups is 1. The van der Waals surface area contributed by atoms with E-state index < -0.39 is 11.6 Å². The van der Waals surface area contributed by atoms with Crippen LogP contribution in [0.1, 0.15) is 11.3 Å². The number of methoxy groups -OCH3 is 1. The van der Waals surface area contributed by atoms with Gasteiger partial charge in [0, 0.05) is 38.3 Å². The van der Waals surface area contributed by atoms with Gasteiger partial charge in [-0.1, -0.05) is 17.3 Å². The van der Waals surface area contributed by atoms with Gasteiger partial charge in [0.2, 0.25) is 5.91 Å². The molecule has 1 saturated heterocycles. The first-order valence-electron chi connectivity index (χ1n) is 10.9. The second-order valence-electron chi connectivity index (χ2n) is 7.97. The predicted molar refractivity (Wildman–Crippen MR) is 128 cm³/mol. The largest absolute Gasteiger partial charge is 0.508 e. The summed E-state index contributed by atoms with van der Waals surface area (Å²) in [6.07, 6.45) is 1.69. The lowest BCUT2D eigenvalue weighted by atomic mass is 10.1. The Morgan fingerprint density at radius 2 is 1.89 bits per heavy atom. The van der Waals surface area contributed by atoms with Gasteiger partial charge < -0.3 is 25.0 Å². The van der Waals surface area contributed by atoms with Gasteiger partial charge in [-0.3, -0.25) is 4.79 Å². The maximum atomic E-state index is 15.0. The monoisotopic (exact) mass is 502 g/mol. The molecule has 1 aliphatic heterocycles. The van der Waals surface area contributed by atoms with Crippen LogP contribution < -0.4 is 10.2 Å². The molecule has 4 rings (SSSR count). The summed E-state index contributed by atoms with van der Waals surface area (Å²) in [5.74, 6) is -1.46. The van der Waals surface area contributed by atoms with Gasteiger partial charge in [-0.15, -0.1) is 5.10 Å². The number of aromatic hydroxyl groups is 1. The summed E-state index contributed by atoms with van der Waals surface area (Å²) in [5.41, 5.74) is 1.28. The topological polar surface area (TPSA) is 95.8 Å². The number of hydrogen-bond acceptors (Lipinski definition) is 7. The molecule has 0 radical (unpaired) electrons. The van der Waals surface area contributed by atoms with Crippen LogP contribution in [0.4, 0.5) is 14.5 Å². The quantitative estimate of drug-likeness (QED) is 0.496. The summed E-state index contributed by atoms with van der Waals surface area (Å²) in [6.45, 7) is 1.50. The molecule has 35 heavy (non-hydrogen) atoms. The van der Waals surface area contributed by atoms with Crippen molar-refractivity contribution in [3.8, 4) is 11.4 Å². The summed E-state index contributed by atoms with van der Waals surface area (Å²) in [4.78, 5) is 15.9. The van der Waals surface area contributed by atoms with E-state index >= 15 is 0 Å². The first-order valence-corrected chi connectivity index (χ1v) is 11.3. The van der Waals surface area contributed by atoms with E-state index in [-0.39, 0.29) is 54.3 Å². The zero-order valence-electron chi connectivity index (χ0n) is 18.9. The van der Waals surface area contributed by atoms with Gasteiger partial charge in [-0.2, -0.15) is 0 Å². The Morgan fingerprint density at radius 1 is 1.17 bits per heavy atom. The van der Waals surface area contributed by atoms with Crippen molar-refractivity contribution in [2.24, 2.45) is 0 Å². The van der Waals surface area contributed by atoms with E-state index in [1.807, 2.05) is 0 Å². The number of aromatic nitrogens is 3. The Bertz CT molecular complexity index is 1210. The molecular weight excluding hydrogens is 478 g/mol. The number of rotatable bonds is 6. The SMILES string of the molecule is COC(=S)NCc1cn(-c2cc(F)c(N3CCN(C(=O)Cc4cccc(O)c4)CC3)c(F)c2)nn1. The van der Waals surface area contributed by atoms with Gasteiger partial charge in [-0.05, 0) is 29.9 Å². The Balaban J connectivity index is 1.39. The summed E-state index contributed by atoms with van der Waals surface area (Å²) in [5, 5.41) is 20.5. The molecule has 1 fully saturated rings. The average Bonchev–Trinajstić information content (AvgIpc) is 3.31. The molecule has 3 aromatic rings. The van der Waals surface area contributed by atoms with Crippen molar-refractivity contribution in [1.29, 1.82) is 0 Å². The van der Waals surface area contributed by atoms with E-state index in [2.05, 4.69) is 15.6 Å². The van der Waals surface area contributed by atoms with Crippen molar-refractivity contribution in [1.82, 2.24) is 25.2 Å². The number of nitrogens with zero attached hydrogens (tertiary/aromatic N) is 5. The number of ether oxygens (including phenoxy) is 1. The predicted octanol–water partition coefficient (Wildman–Crippen LogP) is 2.16. The zero-order valence-corrected chi connectivity index (χ0v) is 19.8. The second-order valence-corrected chi connectivity index (χ2v) is 8.34. The lowest BCUT2D eigenvalue weighted by molar-refractivity contribution is -0.130. The van der Waals surface area contributed by atoms with Crippen LogP contribution in [-0.2, 0) is 22.5 Å². The minimum atomic E-state index is -0.727. The summed E-state index contributed by atoms with van der Waals surface area (Å²) < 4.78 is 36.1. The molecule has 9 nitrogen and oxygen atoms in total. The van der Waals surface area contributed by atoms with E-state index in [0.717, 1.165) is 0 Å². The molecule has 0 atom stereocenters. The normalized spacial score (nSPS) is 13.6. The van der Waals surface area contributed by atoms with Gasteiger partial charge in [0.05, 0.1) is 32.0 Å². The van der Waals surface area contributed by atoms with Crippen molar-refractivity contribution >= 4 is 29.0 Å². The van der Waals surface area contributed by atoms with Crippen molar-refractivity contribution in [3.05, 3.63) is 65.5 Å². The number of hydrogen-bond donors (Lipinski definition) is 2. The Kier molecular flexibility index (Phi) is 7.39. The Labute approximate surface area is 205 Å². The van der Waals surface area contributed by atoms with Crippen LogP contribution in [0.2, 0.25) is 0 Å². The van der Waals surface area contributed by atoms with Crippen LogP contribution in [0, 0.1) is 11.6 Å². The maximum Gasteiger partial charge on any atom is 0.256 e. The fourth-order valence-electron chi connectivity index (χ4n) is 3.86. The van der Waals surface area contributed by atoms with Crippen molar-refractivity contribution in [3.63, 3.8) is 0 Å². The third-order valence-electron chi connectivity index (χ3n) is 5.62. The Hall–Kier alpha value is -3.80. The molecule has 1 aromatic heterocycles. The zero-order chi connectivity index (χ0) is 24.9. The first-order chi connectivity index (χ1) is 16.8. The summed E-state index contributed by atoms with van der Waals surface area (Å²) in [6, 6.07) is 8.93. The van der Waals surface area contributed by atoms with E-state index in [0.29, 0.717) is 24.3 Å². The van der Waals surface area contributed by atoms with E-state index in [9.17, 15) is 18.7 Å². The molecule has 2 heterocycles. The molecule has 0 unspecified atom stereocenters. The van der Waals surface area contributed by atoms with E-state index in [1.165, 1.54) is 30.1 Å². The number of benzene rings is 2. The summed E-state index contributed by atoms with van der Waals surface area (Å²) in [7, 11) is 1.44. The molecule has 0 aliphatic carbocycles. The molecular formula is C23H24F2N6O3S. The molecule has 2 aromatic carbocycles. The number of piperazine rings is 1. The van der Waals surface area contributed by atoms with Crippen LogP contribution in [0.25, 0.3) is 5.69 Å². The summed E-state index contributed by atoms with van der Waals surface area (Å²) >= 11 is 4.90. The highest BCUT2D eigenvalue weighted by Gasteiger charge is 2.26. The lowest BCUT2D eigenvalue weighted by Gasteiger charge is -2.36. The number of phenolic OH excluding ortho intramolecular Hbond substituents is 1. The number of nitrogens with one attached hydrogen (secondary N) is 1. The number of halogens is 2. The van der Waals surface area contributed by atoms with Gasteiger partial charge >= 0.3 is 0 Å². The minimum absolute atomic E-state index is 0.100. The number of phenols is 1. The van der Waals surface area contributed by atoms with Crippen LogP contribution in [0.3, 0.4) is 0 Å². The molecule has 1 amide bonds. The molecule has 2 N–H and O–H groups in total. The van der Waals surface area contributed by atoms with Crippen LogP contribution in [0.5, 0.6) is 5.75 Å². The fraction of sp³-hybridized carbons (Fsp3) is 0.304. The minimum Gasteiger partial charge on any atom is -0.508 e. The number of anilines is 1. The smallest absolute Gasteiger partial charge is 0.256 e. The fourth-order valence-corrected chi connectivity index (χ4v) is 3.93. The van der Waals surface area contributed by atoms with Gasteiger partial charge in [-0.25, -0.2) is 13.5 Å². The second kappa shape index (κ2) is 10.6. The van der Waals surface area contributed by atoms with Gasteiger partial charge in [0.15, 0.2) is 11.6 Å². The van der Waals surface area contributed by atoms with Crippen LogP contribution in [-0.4, -0.2) is 69.4 Å². The van der Waals surface area contributed by atoms with Crippen LogP contribution in [0.15, 0.2) is 42.6 Å². The first kappa shape index (κ1) is 24.3. The number of amides is 1. The third kappa shape index (κ3) is 5.83. The molecule has 12 heteroatoms. The average molecular weight is 503 g/mol. The Morgan fingerprint density at radius 3 is 2.54 bits per heavy atom. The standard InChI is InChI=1S/C23H24F2N6O3S/c1-34-23(35)26-13-16-14-31(28-27-16)17-11-19(24)22(20(25)12-17)30-7-5-29(6-8-30)21(33)10-15-3-2-4-18(32)9-15/h2-4,9,11-12,14,32H,5-8,10,13H2,1H3,(H,26,35). The lowest BCUT2D eigenvalue weighted by Crippen LogP contribution is -2.49. The molecule has 0 bridgehead atoms. The molecule has 0 saturated carbocycles. The highest BCUT2D eigenvalue weighted by Crippen LogP contribution is 2.27. The molecule has 1 aliphatic rings. The van der Waals surface area contributed by atoms with Crippen molar-refractivity contribution in [2.75, 3.05) is 38.2 Å². The van der Waals surface area contributed by atoms with Gasteiger partial charge in [0.25, 0.3) is 5.17 Å². The van der Waals surface area contributed by atoms with E-state index in [4.69, 9.17) is 17.0 Å². The highest BCUT2D eigenvalue weighted by molar-refractivity contribution is 7.80. The molecule has 184 valence electrons. The highest BCUT2D eigenvalue weighted by atomic mass is 32.1. The van der Waals surface area contributed by atoms with Crippen molar-refractivity contribution in [2.45, 2.75) is 13.0 Å². The van der Waals surface area contributed by atoms with Crippen LogP contribution >= 0.6 is 12.2 Å². The third-order valence-corrected chi connectivity index (χ3v) is 5.93. The van der Waals surface area contributed by atoms with E-state index in [1.54, 1.807) is 34.1 Å². The van der Waals surface area contributed by atoms with Crippen molar-refractivity contribution < 1.29 is 23.4 Å².